The van der Waals surface area contributed by atoms with Crippen LogP contribution in [0.1, 0.15) is 54.9 Å². The van der Waals surface area contributed by atoms with Gasteiger partial charge in [-0.3, -0.25) is 9.79 Å². The van der Waals surface area contributed by atoms with E-state index in [1.807, 2.05) is 17.0 Å². The van der Waals surface area contributed by atoms with Gasteiger partial charge in [-0.15, -0.1) is 0 Å². The highest BCUT2D eigenvalue weighted by Gasteiger charge is 2.27. The second-order valence-electron chi connectivity index (χ2n) is 9.08. The lowest BCUT2D eigenvalue weighted by Gasteiger charge is -2.32. The molecule has 2 heterocycles. The van der Waals surface area contributed by atoms with Crippen LogP contribution >= 0.6 is 0 Å². The number of carbonyl (C=O) groups is 1. The molecule has 176 valence electrons. The lowest BCUT2D eigenvalue weighted by atomic mass is 9.89. The Morgan fingerprint density at radius 2 is 1.85 bits per heavy atom. The number of piperidine rings is 1. The molecule has 0 aromatic heterocycles. The molecule has 6 heteroatoms. The van der Waals surface area contributed by atoms with Crippen LogP contribution in [0.15, 0.2) is 53.5 Å². The molecule has 0 aliphatic carbocycles. The maximum atomic E-state index is 12.1. The standard InChI is InChI=1S/C27H36N4O2/c1-20-8-12-22(13-9-20)26-23(6-5-17-33-26)19-30-27(28-2)29-18-21-10-14-24(15-11-21)31-16-4-3-7-25(31)32/h8-15,23,26H,3-7,16-19H2,1-2H3,(H2,28,29,30). The molecule has 2 aromatic rings. The molecule has 0 radical (unpaired) electrons. The normalized spacial score (nSPS) is 21.7. The maximum absolute atomic E-state index is 12.1. The molecule has 1 amide bonds. The van der Waals surface area contributed by atoms with Gasteiger partial charge in [-0.2, -0.15) is 0 Å². The Labute approximate surface area is 197 Å². The second-order valence-corrected chi connectivity index (χ2v) is 9.08. The van der Waals surface area contributed by atoms with Crippen molar-refractivity contribution in [1.82, 2.24) is 10.6 Å². The fraction of sp³-hybridized carbons (Fsp3) is 0.481. The van der Waals surface area contributed by atoms with Gasteiger partial charge in [0.1, 0.15) is 0 Å². The first-order valence-corrected chi connectivity index (χ1v) is 12.2. The SMILES string of the molecule is CN=C(NCc1ccc(N2CCCCC2=O)cc1)NCC1CCCOC1c1ccc(C)cc1. The minimum Gasteiger partial charge on any atom is -0.373 e. The molecule has 0 saturated carbocycles. The first kappa shape index (κ1) is 23.3. The Kier molecular flexibility index (Phi) is 8.00. The average molecular weight is 449 g/mol. The quantitative estimate of drug-likeness (QED) is 0.510. The lowest BCUT2D eigenvalue weighted by molar-refractivity contribution is -0.119. The Bertz CT molecular complexity index is 940. The van der Waals surface area contributed by atoms with Crippen molar-refractivity contribution in [3.05, 3.63) is 65.2 Å². The van der Waals surface area contributed by atoms with E-state index in [0.29, 0.717) is 18.9 Å². The number of anilines is 1. The first-order chi connectivity index (χ1) is 16.1. The number of aryl methyl sites for hydroxylation is 1. The van der Waals surface area contributed by atoms with Crippen LogP contribution in [0.4, 0.5) is 5.69 Å². The predicted octanol–water partition coefficient (Wildman–Crippen LogP) is 4.34. The fourth-order valence-electron chi connectivity index (χ4n) is 4.68. The summed E-state index contributed by atoms with van der Waals surface area (Å²) in [6.07, 6.45) is 5.08. The van der Waals surface area contributed by atoms with Crippen LogP contribution in [0.2, 0.25) is 0 Å². The number of benzene rings is 2. The highest BCUT2D eigenvalue weighted by Crippen LogP contribution is 2.33. The van der Waals surface area contributed by atoms with Gasteiger partial charge >= 0.3 is 0 Å². The van der Waals surface area contributed by atoms with Gasteiger partial charge in [-0.1, -0.05) is 42.0 Å². The number of carbonyl (C=O) groups excluding carboxylic acids is 1. The van der Waals surface area contributed by atoms with Crippen molar-refractivity contribution >= 4 is 17.6 Å². The maximum Gasteiger partial charge on any atom is 0.226 e. The van der Waals surface area contributed by atoms with E-state index in [9.17, 15) is 4.79 Å². The third-order valence-electron chi connectivity index (χ3n) is 6.64. The summed E-state index contributed by atoms with van der Waals surface area (Å²) < 4.78 is 6.15. The molecular weight excluding hydrogens is 412 g/mol. The molecule has 2 aliphatic heterocycles. The van der Waals surface area contributed by atoms with E-state index in [2.05, 4.69) is 58.9 Å². The van der Waals surface area contributed by atoms with Gasteiger partial charge in [-0.25, -0.2) is 0 Å². The second kappa shape index (κ2) is 11.3. The number of rotatable bonds is 6. The zero-order chi connectivity index (χ0) is 23.0. The topological polar surface area (TPSA) is 66.0 Å². The molecule has 2 N–H and O–H groups in total. The smallest absolute Gasteiger partial charge is 0.226 e. The number of nitrogens with zero attached hydrogens (tertiary/aromatic N) is 2. The van der Waals surface area contributed by atoms with Gasteiger partial charge in [0.2, 0.25) is 5.91 Å². The van der Waals surface area contributed by atoms with Gasteiger partial charge in [0.25, 0.3) is 0 Å². The molecule has 2 aromatic carbocycles. The summed E-state index contributed by atoms with van der Waals surface area (Å²) >= 11 is 0. The Morgan fingerprint density at radius 3 is 2.58 bits per heavy atom. The Balaban J connectivity index is 1.29. The number of amides is 1. The van der Waals surface area contributed by atoms with E-state index < -0.39 is 0 Å². The molecule has 2 saturated heterocycles. The van der Waals surface area contributed by atoms with Crippen LogP contribution in [0.3, 0.4) is 0 Å². The highest BCUT2D eigenvalue weighted by molar-refractivity contribution is 5.93. The lowest BCUT2D eigenvalue weighted by Crippen LogP contribution is -2.41. The van der Waals surface area contributed by atoms with Crippen LogP contribution in [0.5, 0.6) is 0 Å². The summed E-state index contributed by atoms with van der Waals surface area (Å²) in [5, 5.41) is 6.91. The summed E-state index contributed by atoms with van der Waals surface area (Å²) in [5.74, 6) is 1.42. The molecule has 2 aliphatic rings. The number of hydrogen-bond donors (Lipinski definition) is 2. The third kappa shape index (κ3) is 6.14. The number of nitrogens with one attached hydrogen (secondary N) is 2. The van der Waals surface area contributed by atoms with Gasteiger partial charge in [0.05, 0.1) is 6.10 Å². The van der Waals surface area contributed by atoms with Gasteiger partial charge in [-0.05, 0) is 55.9 Å². The van der Waals surface area contributed by atoms with Crippen molar-refractivity contribution in [3.63, 3.8) is 0 Å². The van der Waals surface area contributed by atoms with Crippen molar-refractivity contribution in [2.45, 2.75) is 51.7 Å². The number of ether oxygens (including phenoxy) is 1. The summed E-state index contributed by atoms with van der Waals surface area (Å²) in [6.45, 7) is 5.24. The Hall–Kier alpha value is -2.86. The minimum atomic E-state index is 0.120. The van der Waals surface area contributed by atoms with Crippen LogP contribution in [0, 0.1) is 12.8 Å². The van der Waals surface area contributed by atoms with Gasteiger partial charge in [0.15, 0.2) is 5.96 Å². The zero-order valence-corrected chi connectivity index (χ0v) is 19.8. The molecule has 4 rings (SSSR count). The van der Waals surface area contributed by atoms with Crippen molar-refractivity contribution in [1.29, 1.82) is 0 Å². The molecule has 6 nitrogen and oxygen atoms in total. The molecule has 0 bridgehead atoms. The number of hydrogen-bond acceptors (Lipinski definition) is 3. The van der Waals surface area contributed by atoms with Crippen LogP contribution in [-0.2, 0) is 16.1 Å². The van der Waals surface area contributed by atoms with Gasteiger partial charge in [0, 0.05) is 51.3 Å². The van der Waals surface area contributed by atoms with E-state index in [0.717, 1.165) is 62.6 Å². The predicted molar refractivity (Wildman–Crippen MR) is 133 cm³/mol. The monoisotopic (exact) mass is 448 g/mol. The van der Waals surface area contributed by atoms with Crippen molar-refractivity contribution in [2.24, 2.45) is 10.9 Å². The van der Waals surface area contributed by atoms with E-state index in [1.54, 1.807) is 7.05 Å². The largest absolute Gasteiger partial charge is 0.373 e. The van der Waals surface area contributed by atoms with Crippen molar-refractivity contribution < 1.29 is 9.53 Å². The molecular formula is C27H36N4O2. The average Bonchev–Trinajstić information content (AvgIpc) is 2.86. The van der Waals surface area contributed by atoms with Crippen LogP contribution < -0.4 is 15.5 Å². The van der Waals surface area contributed by atoms with E-state index in [-0.39, 0.29) is 12.0 Å². The molecule has 33 heavy (non-hydrogen) atoms. The molecule has 2 atom stereocenters. The number of guanidine groups is 1. The van der Waals surface area contributed by atoms with Crippen molar-refractivity contribution in [3.8, 4) is 0 Å². The van der Waals surface area contributed by atoms with E-state index in [1.165, 1.54) is 11.1 Å². The van der Waals surface area contributed by atoms with Crippen LogP contribution in [0.25, 0.3) is 0 Å². The number of aliphatic imine (C=N–C) groups is 1. The minimum absolute atomic E-state index is 0.120. The first-order valence-electron chi connectivity index (χ1n) is 12.2. The molecule has 0 spiro atoms. The summed E-state index contributed by atoms with van der Waals surface area (Å²) in [7, 11) is 1.80. The molecule has 2 fully saturated rings. The van der Waals surface area contributed by atoms with Crippen molar-refractivity contribution in [2.75, 3.05) is 31.6 Å². The summed E-state index contributed by atoms with van der Waals surface area (Å²) in [5.41, 5.74) is 4.67. The highest BCUT2D eigenvalue weighted by atomic mass is 16.5. The summed E-state index contributed by atoms with van der Waals surface area (Å²) in [4.78, 5) is 18.4. The van der Waals surface area contributed by atoms with Crippen LogP contribution in [-0.4, -0.2) is 38.6 Å². The summed E-state index contributed by atoms with van der Waals surface area (Å²) in [6, 6.07) is 16.9. The van der Waals surface area contributed by atoms with E-state index in [4.69, 9.17) is 4.74 Å². The molecule has 2 unspecified atom stereocenters. The third-order valence-corrected chi connectivity index (χ3v) is 6.64. The van der Waals surface area contributed by atoms with Gasteiger partial charge < -0.3 is 20.3 Å². The Morgan fingerprint density at radius 1 is 1.06 bits per heavy atom. The fourth-order valence-corrected chi connectivity index (χ4v) is 4.68. The van der Waals surface area contributed by atoms with E-state index >= 15 is 0 Å². The zero-order valence-electron chi connectivity index (χ0n) is 19.8.